The van der Waals surface area contributed by atoms with Crippen LogP contribution in [-0.4, -0.2) is 52.0 Å². The Morgan fingerprint density at radius 1 is 1.14 bits per heavy atom. The highest BCUT2D eigenvalue weighted by atomic mass is 32.2. The van der Waals surface area contributed by atoms with Gasteiger partial charge in [0.15, 0.2) is 0 Å². The van der Waals surface area contributed by atoms with E-state index < -0.39 is 10.0 Å². The number of nitrogens with one attached hydrogen (secondary N) is 1. The molecule has 1 aliphatic heterocycles. The van der Waals surface area contributed by atoms with Gasteiger partial charge in [-0.15, -0.1) is 0 Å². The average Bonchev–Trinajstić information content (AvgIpc) is 2.69. The van der Waals surface area contributed by atoms with Crippen LogP contribution in [0.5, 0.6) is 5.75 Å². The second-order valence-electron chi connectivity index (χ2n) is 6.57. The SMILES string of the molecule is COc1ccc(CC(=O)Nc2ccc(S(=O)(=O)N3CCOCC3)cc2)cc1C. The van der Waals surface area contributed by atoms with Crippen molar-refractivity contribution in [2.45, 2.75) is 18.2 Å². The number of anilines is 1. The second kappa shape index (κ2) is 8.72. The summed E-state index contributed by atoms with van der Waals surface area (Å²) in [5.74, 6) is 0.606. The van der Waals surface area contributed by atoms with Gasteiger partial charge in [0.1, 0.15) is 5.75 Å². The van der Waals surface area contributed by atoms with Gasteiger partial charge in [-0.1, -0.05) is 12.1 Å². The molecule has 2 aromatic carbocycles. The summed E-state index contributed by atoms with van der Waals surface area (Å²) < 4.78 is 37.1. The van der Waals surface area contributed by atoms with Crippen molar-refractivity contribution < 1.29 is 22.7 Å². The van der Waals surface area contributed by atoms with Crippen LogP contribution < -0.4 is 10.1 Å². The van der Waals surface area contributed by atoms with Crippen LogP contribution in [0.25, 0.3) is 0 Å². The Labute approximate surface area is 165 Å². The van der Waals surface area contributed by atoms with E-state index in [0.29, 0.717) is 32.0 Å². The average molecular weight is 404 g/mol. The molecule has 1 aliphatic rings. The molecular formula is C20H24N2O5S. The monoisotopic (exact) mass is 404 g/mol. The van der Waals surface area contributed by atoms with Crippen LogP contribution in [0.1, 0.15) is 11.1 Å². The fourth-order valence-electron chi connectivity index (χ4n) is 3.09. The van der Waals surface area contributed by atoms with E-state index in [1.807, 2.05) is 25.1 Å². The maximum absolute atomic E-state index is 12.6. The highest BCUT2D eigenvalue weighted by Gasteiger charge is 2.26. The highest BCUT2D eigenvalue weighted by molar-refractivity contribution is 7.89. The van der Waals surface area contributed by atoms with Gasteiger partial charge in [-0.2, -0.15) is 4.31 Å². The molecule has 1 amide bonds. The molecule has 7 nitrogen and oxygen atoms in total. The van der Waals surface area contributed by atoms with Crippen molar-refractivity contribution in [2.24, 2.45) is 0 Å². The van der Waals surface area contributed by atoms with Gasteiger partial charge >= 0.3 is 0 Å². The first kappa shape index (κ1) is 20.3. The predicted molar refractivity (Wildman–Crippen MR) is 106 cm³/mol. The number of sulfonamides is 1. The standard InChI is InChI=1S/C20H24N2O5S/c1-15-13-16(3-8-19(15)26-2)14-20(23)21-17-4-6-18(7-5-17)28(24,25)22-9-11-27-12-10-22/h3-8,13H,9-12,14H2,1-2H3,(H,21,23). The third kappa shape index (κ3) is 4.70. The lowest BCUT2D eigenvalue weighted by molar-refractivity contribution is -0.115. The summed E-state index contributed by atoms with van der Waals surface area (Å²) in [6.45, 7) is 3.43. The summed E-state index contributed by atoms with van der Waals surface area (Å²) in [7, 11) is -1.93. The lowest BCUT2D eigenvalue weighted by atomic mass is 10.1. The summed E-state index contributed by atoms with van der Waals surface area (Å²) in [4.78, 5) is 12.5. The zero-order valence-electron chi connectivity index (χ0n) is 16.0. The van der Waals surface area contributed by atoms with Crippen molar-refractivity contribution in [1.29, 1.82) is 0 Å². The number of carbonyl (C=O) groups is 1. The molecule has 150 valence electrons. The van der Waals surface area contributed by atoms with E-state index in [2.05, 4.69) is 5.32 Å². The number of benzene rings is 2. The van der Waals surface area contributed by atoms with Crippen molar-refractivity contribution in [1.82, 2.24) is 4.31 Å². The molecule has 8 heteroatoms. The molecule has 28 heavy (non-hydrogen) atoms. The maximum atomic E-state index is 12.6. The number of aryl methyl sites for hydroxylation is 1. The van der Waals surface area contributed by atoms with Crippen LogP contribution in [0, 0.1) is 6.92 Å². The largest absolute Gasteiger partial charge is 0.496 e. The van der Waals surface area contributed by atoms with E-state index in [-0.39, 0.29) is 17.2 Å². The number of rotatable bonds is 6. The number of amides is 1. The molecule has 0 aromatic heterocycles. The molecule has 3 rings (SSSR count). The van der Waals surface area contributed by atoms with Crippen molar-refractivity contribution >= 4 is 21.6 Å². The Hall–Kier alpha value is -2.42. The minimum absolute atomic E-state index is 0.173. The van der Waals surface area contributed by atoms with E-state index >= 15 is 0 Å². The van der Waals surface area contributed by atoms with Gasteiger partial charge in [0.25, 0.3) is 0 Å². The van der Waals surface area contributed by atoms with Gasteiger partial charge < -0.3 is 14.8 Å². The molecule has 0 unspecified atom stereocenters. The molecule has 1 fully saturated rings. The van der Waals surface area contributed by atoms with E-state index in [9.17, 15) is 13.2 Å². The Bertz CT molecular complexity index is 936. The van der Waals surface area contributed by atoms with Crippen molar-refractivity contribution in [3.05, 3.63) is 53.6 Å². The van der Waals surface area contributed by atoms with Crippen LogP contribution in [0.4, 0.5) is 5.69 Å². The Kier molecular flexibility index (Phi) is 6.33. The predicted octanol–water partition coefficient (Wildman–Crippen LogP) is 2.21. The molecule has 2 aromatic rings. The van der Waals surface area contributed by atoms with Crippen molar-refractivity contribution in [3.63, 3.8) is 0 Å². The fourth-order valence-corrected chi connectivity index (χ4v) is 4.50. The van der Waals surface area contributed by atoms with Crippen LogP contribution in [0.3, 0.4) is 0 Å². The molecular weight excluding hydrogens is 380 g/mol. The van der Waals surface area contributed by atoms with Crippen LogP contribution in [0.15, 0.2) is 47.4 Å². The Morgan fingerprint density at radius 2 is 1.82 bits per heavy atom. The first-order valence-corrected chi connectivity index (χ1v) is 10.5. The lowest BCUT2D eigenvalue weighted by Crippen LogP contribution is -2.40. The molecule has 0 atom stereocenters. The minimum atomic E-state index is -3.54. The Morgan fingerprint density at radius 3 is 2.43 bits per heavy atom. The molecule has 1 saturated heterocycles. The smallest absolute Gasteiger partial charge is 0.243 e. The summed E-state index contributed by atoms with van der Waals surface area (Å²) in [5, 5.41) is 2.80. The molecule has 0 bridgehead atoms. The first-order chi connectivity index (χ1) is 13.4. The summed E-state index contributed by atoms with van der Waals surface area (Å²) in [6.07, 6.45) is 0.221. The van der Waals surface area contributed by atoms with Gasteiger partial charge in [-0.25, -0.2) is 8.42 Å². The van der Waals surface area contributed by atoms with E-state index in [0.717, 1.165) is 16.9 Å². The number of carbonyl (C=O) groups excluding carboxylic acids is 1. The summed E-state index contributed by atoms with van der Waals surface area (Å²) in [5.41, 5.74) is 2.39. The number of hydrogen-bond acceptors (Lipinski definition) is 5. The van der Waals surface area contributed by atoms with Crippen LogP contribution in [0.2, 0.25) is 0 Å². The third-order valence-corrected chi connectivity index (χ3v) is 6.48. The number of methoxy groups -OCH3 is 1. The minimum Gasteiger partial charge on any atom is -0.496 e. The summed E-state index contributed by atoms with van der Waals surface area (Å²) >= 11 is 0. The molecule has 0 spiro atoms. The molecule has 1 N–H and O–H groups in total. The second-order valence-corrected chi connectivity index (χ2v) is 8.51. The highest BCUT2D eigenvalue weighted by Crippen LogP contribution is 2.21. The van der Waals surface area contributed by atoms with Crippen molar-refractivity contribution in [3.8, 4) is 5.75 Å². The Balaban J connectivity index is 1.63. The van der Waals surface area contributed by atoms with Crippen LogP contribution in [-0.2, 0) is 26.0 Å². The zero-order valence-corrected chi connectivity index (χ0v) is 16.8. The van der Waals surface area contributed by atoms with E-state index in [4.69, 9.17) is 9.47 Å². The molecule has 0 aliphatic carbocycles. The van der Waals surface area contributed by atoms with Gasteiger partial charge in [0.05, 0.1) is 31.6 Å². The first-order valence-electron chi connectivity index (χ1n) is 9.01. The quantitative estimate of drug-likeness (QED) is 0.798. The van der Waals surface area contributed by atoms with E-state index in [1.54, 1.807) is 19.2 Å². The van der Waals surface area contributed by atoms with Crippen molar-refractivity contribution in [2.75, 3.05) is 38.7 Å². The maximum Gasteiger partial charge on any atom is 0.243 e. The van der Waals surface area contributed by atoms with Gasteiger partial charge in [-0.3, -0.25) is 4.79 Å². The third-order valence-electron chi connectivity index (χ3n) is 4.57. The fraction of sp³-hybridized carbons (Fsp3) is 0.350. The van der Waals surface area contributed by atoms with Gasteiger partial charge in [0.2, 0.25) is 15.9 Å². The van der Waals surface area contributed by atoms with Crippen LogP contribution >= 0.6 is 0 Å². The number of morpholine rings is 1. The molecule has 1 heterocycles. The number of hydrogen-bond donors (Lipinski definition) is 1. The number of ether oxygens (including phenoxy) is 2. The van der Waals surface area contributed by atoms with Gasteiger partial charge in [-0.05, 0) is 48.4 Å². The zero-order chi connectivity index (χ0) is 20.1. The molecule has 0 radical (unpaired) electrons. The van der Waals surface area contributed by atoms with E-state index in [1.165, 1.54) is 16.4 Å². The normalized spacial score (nSPS) is 15.2. The topological polar surface area (TPSA) is 84.9 Å². The molecule has 0 saturated carbocycles. The summed E-state index contributed by atoms with van der Waals surface area (Å²) in [6, 6.07) is 11.8. The number of nitrogens with zero attached hydrogens (tertiary/aromatic N) is 1. The van der Waals surface area contributed by atoms with Gasteiger partial charge in [0, 0.05) is 18.8 Å². The lowest BCUT2D eigenvalue weighted by Gasteiger charge is -2.26.